The average molecular weight is 245 g/mol. The van der Waals surface area contributed by atoms with Crippen LogP contribution in [0.5, 0.6) is 0 Å². The lowest BCUT2D eigenvalue weighted by molar-refractivity contribution is -0.384. The Bertz CT molecular complexity index is 618. The minimum absolute atomic E-state index is 0.0424. The number of hydrogen-bond acceptors (Lipinski definition) is 5. The molecule has 7 heteroatoms. The third-order valence-electron chi connectivity index (χ3n) is 2.81. The number of nitrogens with zero attached hydrogens (tertiary/aromatic N) is 5. The fourth-order valence-electron chi connectivity index (χ4n) is 1.75. The fourth-order valence-corrected chi connectivity index (χ4v) is 1.75. The highest BCUT2D eigenvalue weighted by molar-refractivity contribution is 5.31. The normalized spacial score (nSPS) is 14.7. The highest BCUT2D eigenvalue weighted by Crippen LogP contribution is 2.38. The summed E-state index contributed by atoms with van der Waals surface area (Å²) in [5.74, 6) is 1.83. The molecule has 18 heavy (non-hydrogen) atoms. The molecule has 2 heterocycles. The molecule has 0 atom stereocenters. The fraction of sp³-hybridized carbons (Fsp3) is 0.364. The molecule has 0 radical (unpaired) electrons. The highest BCUT2D eigenvalue weighted by atomic mass is 16.6. The maximum Gasteiger partial charge on any atom is 0.307 e. The quantitative estimate of drug-likeness (QED) is 0.607. The zero-order chi connectivity index (χ0) is 12.7. The summed E-state index contributed by atoms with van der Waals surface area (Å²) in [7, 11) is 0. The van der Waals surface area contributed by atoms with E-state index < -0.39 is 4.92 Å². The Morgan fingerprint density at radius 2 is 2.22 bits per heavy atom. The molecule has 2 aromatic heterocycles. The van der Waals surface area contributed by atoms with E-state index in [1.165, 1.54) is 17.1 Å². The average Bonchev–Trinajstić information content (AvgIpc) is 3.05. The Balaban J connectivity index is 2.01. The van der Waals surface area contributed by atoms with Crippen LogP contribution in [-0.4, -0.2) is 24.7 Å². The monoisotopic (exact) mass is 245 g/mol. The van der Waals surface area contributed by atoms with Crippen LogP contribution in [0.2, 0.25) is 0 Å². The van der Waals surface area contributed by atoms with Crippen molar-refractivity contribution in [2.75, 3.05) is 0 Å². The van der Waals surface area contributed by atoms with Gasteiger partial charge in [0.25, 0.3) is 0 Å². The van der Waals surface area contributed by atoms with Crippen LogP contribution in [0.15, 0.2) is 18.5 Å². The lowest BCUT2D eigenvalue weighted by atomic mass is 10.3. The topological polar surface area (TPSA) is 86.7 Å². The van der Waals surface area contributed by atoms with Gasteiger partial charge in [-0.15, -0.1) is 0 Å². The van der Waals surface area contributed by atoms with E-state index >= 15 is 0 Å². The summed E-state index contributed by atoms with van der Waals surface area (Å²) in [5, 5.41) is 14.6. The summed E-state index contributed by atoms with van der Waals surface area (Å²) in [4.78, 5) is 18.9. The first-order chi connectivity index (χ1) is 8.63. The van der Waals surface area contributed by atoms with Crippen molar-refractivity contribution in [1.29, 1.82) is 0 Å². The molecule has 92 valence electrons. The maximum atomic E-state index is 10.6. The predicted molar refractivity (Wildman–Crippen MR) is 62.5 cm³/mol. The van der Waals surface area contributed by atoms with Gasteiger partial charge in [0.15, 0.2) is 5.82 Å². The molecule has 1 saturated carbocycles. The standard InChI is InChI=1S/C11H11N5O2/c1-7-4-10(14-11(13-7)8-2-3-8)15-6-9(5-12-15)16(17)18/h4-6,8H,2-3H2,1H3. The van der Waals surface area contributed by atoms with Crippen LogP contribution >= 0.6 is 0 Å². The predicted octanol–water partition coefficient (Wildman–Crippen LogP) is 1.76. The number of nitro groups is 1. The summed E-state index contributed by atoms with van der Waals surface area (Å²) in [6.45, 7) is 1.88. The second kappa shape index (κ2) is 3.86. The van der Waals surface area contributed by atoms with Crippen LogP contribution in [0.25, 0.3) is 5.82 Å². The molecule has 0 N–H and O–H groups in total. The van der Waals surface area contributed by atoms with Crippen LogP contribution < -0.4 is 0 Å². The molecule has 1 aliphatic carbocycles. The molecule has 0 unspecified atom stereocenters. The Labute approximate surface area is 103 Å². The summed E-state index contributed by atoms with van der Waals surface area (Å²) >= 11 is 0. The molecular weight excluding hydrogens is 234 g/mol. The van der Waals surface area contributed by atoms with E-state index in [1.807, 2.05) is 6.92 Å². The summed E-state index contributed by atoms with van der Waals surface area (Å²) in [6.07, 6.45) is 4.80. The van der Waals surface area contributed by atoms with Gasteiger partial charge in [-0.05, 0) is 19.8 Å². The molecule has 7 nitrogen and oxygen atoms in total. The smallest absolute Gasteiger partial charge is 0.258 e. The Morgan fingerprint density at radius 3 is 2.83 bits per heavy atom. The van der Waals surface area contributed by atoms with E-state index in [9.17, 15) is 10.1 Å². The number of hydrogen-bond donors (Lipinski definition) is 0. The first kappa shape index (κ1) is 10.8. The van der Waals surface area contributed by atoms with Crippen LogP contribution in [0.3, 0.4) is 0 Å². The maximum absolute atomic E-state index is 10.6. The summed E-state index contributed by atoms with van der Waals surface area (Å²) in [5.41, 5.74) is 0.805. The Hall–Kier alpha value is -2.31. The van der Waals surface area contributed by atoms with E-state index in [1.54, 1.807) is 6.07 Å². The third kappa shape index (κ3) is 1.94. The zero-order valence-electron chi connectivity index (χ0n) is 9.78. The van der Waals surface area contributed by atoms with Gasteiger partial charge in [-0.1, -0.05) is 0 Å². The number of aryl methyl sites for hydroxylation is 1. The van der Waals surface area contributed by atoms with Gasteiger partial charge in [-0.2, -0.15) is 5.10 Å². The van der Waals surface area contributed by atoms with Crippen molar-refractivity contribution in [3.05, 3.63) is 40.1 Å². The van der Waals surface area contributed by atoms with E-state index in [2.05, 4.69) is 15.1 Å². The van der Waals surface area contributed by atoms with Crippen molar-refractivity contribution < 1.29 is 4.92 Å². The lowest BCUT2D eigenvalue weighted by Gasteiger charge is -2.04. The van der Waals surface area contributed by atoms with E-state index in [4.69, 9.17) is 0 Å². The van der Waals surface area contributed by atoms with Crippen LogP contribution in [0.1, 0.15) is 30.3 Å². The van der Waals surface area contributed by atoms with E-state index in [-0.39, 0.29) is 5.69 Å². The molecule has 0 aromatic carbocycles. The summed E-state index contributed by atoms with van der Waals surface area (Å²) in [6, 6.07) is 1.77. The van der Waals surface area contributed by atoms with Gasteiger partial charge in [0.1, 0.15) is 18.2 Å². The zero-order valence-corrected chi connectivity index (χ0v) is 9.78. The first-order valence-corrected chi connectivity index (χ1v) is 5.68. The van der Waals surface area contributed by atoms with Crippen molar-refractivity contribution in [3.8, 4) is 5.82 Å². The van der Waals surface area contributed by atoms with Gasteiger partial charge < -0.3 is 0 Å². The van der Waals surface area contributed by atoms with Crippen molar-refractivity contribution in [1.82, 2.24) is 19.7 Å². The molecule has 3 rings (SSSR count). The van der Waals surface area contributed by atoms with Crippen LogP contribution in [0, 0.1) is 17.0 Å². The minimum Gasteiger partial charge on any atom is -0.258 e. The lowest BCUT2D eigenvalue weighted by Crippen LogP contribution is -2.04. The molecule has 0 amide bonds. The van der Waals surface area contributed by atoms with Crippen LogP contribution in [-0.2, 0) is 0 Å². The Kier molecular flexibility index (Phi) is 2.32. The molecule has 0 aliphatic heterocycles. The third-order valence-corrected chi connectivity index (χ3v) is 2.81. The van der Waals surface area contributed by atoms with Gasteiger partial charge in [-0.25, -0.2) is 14.6 Å². The van der Waals surface area contributed by atoms with Crippen molar-refractivity contribution in [3.63, 3.8) is 0 Å². The van der Waals surface area contributed by atoms with Gasteiger partial charge >= 0.3 is 5.69 Å². The molecule has 0 spiro atoms. The molecule has 1 aliphatic rings. The van der Waals surface area contributed by atoms with E-state index in [0.29, 0.717) is 11.7 Å². The second-order valence-corrected chi connectivity index (χ2v) is 4.40. The van der Waals surface area contributed by atoms with Crippen molar-refractivity contribution in [2.45, 2.75) is 25.7 Å². The highest BCUT2D eigenvalue weighted by Gasteiger charge is 2.27. The van der Waals surface area contributed by atoms with Crippen molar-refractivity contribution in [2.24, 2.45) is 0 Å². The molecule has 0 saturated heterocycles. The second-order valence-electron chi connectivity index (χ2n) is 4.40. The summed E-state index contributed by atoms with van der Waals surface area (Å²) < 4.78 is 1.42. The largest absolute Gasteiger partial charge is 0.307 e. The van der Waals surface area contributed by atoms with E-state index in [0.717, 1.165) is 24.4 Å². The number of rotatable bonds is 3. The minimum atomic E-state index is -0.473. The van der Waals surface area contributed by atoms with Gasteiger partial charge in [0.2, 0.25) is 0 Å². The molecule has 0 bridgehead atoms. The van der Waals surface area contributed by atoms with Crippen LogP contribution in [0.4, 0.5) is 5.69 Å². The van der Waals surface area contributed by atoms with Crippen molar-refractivity contribution >= 4 is 5.69 Å². The van der Waals surface area contributed by atoms with Gasteiger partial charge in [0.05, 0.1) is 4.92 Å². The molecule has 1 fully saturated rings. The molecular formula is C11H11N5O2. The SMILES string of the molecule is Cc1cc(-n2cc([N+](=O)[O-])cn2)nc(C2CC2)n1. The number of aromatic nitrogens is 4. The molecule has 2 aromatic rings. The Morgan fingerprint density at radius 1 is 1.44 bits per heavy atom. The van der Waals surface area contributed by atoms with Gasteiger partial charge in [-0.3, -0.25) is 10.1 Å². The first-order valence-electron chi connectivity index (χ1n) is 5.68. The van der Waals surface area contributed by atoms with Gasteiger partial charge in [0, 0.05) is 17.7 Å².